The molecule has 0 saturated heterocycles. The summed E-state index contributed by atoms with van der Waals surface area (Å²) >= 11 is 4.90. The van der Waals surface area contributed by atoms with Crippen LogP contribution < -0.4 is 15.5 Å². The highest BCUT2D eigenvalue weighted by molar-refractivity contribution is 9.11. The lowest BCUT2D eigenvalue weighted by Gasteiger charge is -2.07. The van der Waals surface area contributed by atoms with Crippen molar-refractivity contribution in [3.8, 4) is 5.75 Å². The van der Waals surface area contributed by atoms with E-state index in [1.807, 2.05) is 12.1 Å². The Kier molecular flexibility index (Phi) is 6.98. The summed E-state index contributed by atoms with van der Waals surface area (Å²) < 4.78 is 6.47. The zero-order chi connectivity index (χ0) is 17.4. The first kappa shape index (κ1) is 18.2. The van der Waals surface area contributed by atoms with Gasteiger partial charge < -0.3 is 10.1 Å². The number of hydroxylamine groups is 1. The fourth-order valence-corrected chi connectivity index (χ4v) is 3.07. The number of carbonyl (C=O) groups is 2. The number of carbonyl (C=O) groups excluding carboxylic acids is 2. The van der Waals surface area contributed by atoms with Crippen LogP contribution in [-0.2, 0) is 4.79 Å². The third-order valence-corrected chi connectivity index (χ3v) is 4.47. The first-order valence-corrected chi connectivity index (χ1v) is 8.58. The molecule has 0 unspecified atom stereocenters. The van der Waals surface area contributed by atoms with E-state index in [1.54, 1.807) is 35.0 Å². The van der Waals surface area contributed by atoms with Gasteiger partial charge in [-0.2, -0.15) is 0 Å². The Balaban J connectivity index is 1.69. The van der Waals surface area contributed by atoms with Gasteiger partial charge in [-0.1, -0.05) is 0 Å². The third kappa shape index (κ3) is 5.80. The van der Waals surface area contributed by atoms with Gasteiger partial charge in [-0.25, -0.2) is 5.48 Å². The van der Waals surface area contributed by atoms with Crippen molar-refractivity contribution in [3.63, 3.8) is 0 Å². The summed E-state index contributed by atoms with van der Waals surface area (Å²) in [5.41, 5.74) is 1.88. The Labute approximate surface area is 151 Å². The maximum atomic E-state index is 11.7. The molecule has 24 heavy (non-hydrogen) atoms. The average Bonchev–Trinajstić information content (AvgIpc) is 3.02. The quantitative estimate of drug-likeness (QED) is 0.283. The third-order valence-electron chi connectivity index (χ3n) is 2.88. The summed E-state index contributed by atoms with van der Waals surface area (Å²) in [5.74, 6) is -0.214. The van der Waals surface area contributed by atoms with Crippen molar-refractivity contribution in [1.82, 2.24) is 10.8 Å². The smallest absolute Gasteiger partial charge is 0.274 e. The molecule has 2 amide bonds. The van der Waals surface area contributed by atoms with E-state index in [1.165, 1.54) is 18.2 Å². The molecule has 3 N–H and O–H groups in total. The van der Waals surface area contributed by atoms with Gasteiger partial charge in [0.05, 0.1) is 10.3 Å². The second kappa shape index (κ2) is 9.21. The highest BCUT2D eigenvalue weighted by atomic mass is 79.9. The van der Waals surface area contributed by atoms with E-state index in [9.17, 15) is 9.59 Å². The van der Waals surface area contributed by atoms with Crippen molar-refractivity contribution in [2.24, 2.45) is 0 Å². The van der Waals surface area contributed by atoms with Crippen molar-refractivity contribution in [1.29, 1.82) is 0 Å². The summed E-state index contributed by atoms with van der Waals surface area (Å²) in [6, 6.07) is 10.1. The molecule has 1 heterocycles. The van der Waals surface area contributed by atoms with Gasteiger partial charge in [0.1, 0.15) is 12.4 Å². The predicted molar refractivity (Wildman–Crippen MR) is 95.3 cm³/mol. The van der Waals surface area contributed by atoms with Gasteiger partial charge in [0.15, 0.2) is 0 Å². The molecule has 0 aliphatic rings. The molecule has 2 aromatic rings. The Hall–Kier alpha value is -2.16. The van der Waals surface area contributed by atoms with Crippen LogP contribution in [0.2, 0.25) is 0 Å². The van der Waals surface area contributed by atoms with E-state index in [0.29, 0.717) is 24.5 Å². The van der Waals surface area contributed by atoms with Crippen LogP contribution in [0.25, 0.3) is 6.08 Å². The molecule has 0 fully saturated rings. The van der Waals surface area contributed by atoms with Crippen LogP contribution >= 0.6 is 27.3 Å². The SMILES string of the molecule is O=C(C=Cc1ccc(Br)s1)NCCOc1ccc(C(=O)NO)cc1. The minimum atomic E-state index is -0.585. The van der Waals surface area contributed by atoms with Crippen LogP contribution in [0, 0.1) is 0 Å². The van der Waals surface area contributed by atoms with Gasteiger partial charge in [0.2, 0.25) is 5.91 Å². The number of rotatable bonds is 7. The van der Waals surface area contributed by atoms with Crippen molar-refractivity contribution < 1.29 is 19.5 Å². The maximum absolute atomic E-state index is 11.7. The van der Waals surface area contributed by atoms with Gasteiger partial charge in [-0.15, -0.1) is 11.3 Å². The van der Waals surface area contributed by atoms with Crippen LogP contribution in [0.1, 0.15) is 15.2 Å². The zero-order valence-corrected chi connectivity index (χ0v) is 14.9. The minimum absolute atomic E-state index is 0.196. The molecule has 0 saturated carbocycles. The first-order chi connectivity index (χ1) is 11.6. The molecule has 2 rings (SSSR count). The second-order valence-corrected chi connectivity index (χ2v) is 7.07. The Morgan fingerprint density at radius 2 is 1.96 bits per heavy atom. The highest BCUT2D eigenvalue weighted by Crippen LogP contribution is 2.22. The number of halogens is 1. The van der Waals surface area contributed by atoms with Crippen LogP contribution in [0.4, 0.5) is 0 Å². The molecular formula is C16H15BrN2O4S. The molecule has 6 nitrogen and oxygen atoms in total. The number of nitrogens with one attached hydrogen (secondary N) is 2. The summed E-state index contributed by atoms with van der Waals surface area (Å²) in [6.07, 6.45) is 3.22. The van der Waals surface area contributed by atoms with E-state index in [4.69, 9.17) is 9.94 Å². The van der Waals surface area contributed by atoms with Crippen LogP contribution in [0.5, 0.6) is 5.75 Å². The summed E-state index contributed by atoms with van der Waals surface area (Å²) in [6.45, 7) is 0.659. The van der Waals surface area contributed by atoms with Crippen molar-refractivity contribution in [3.05, 3.63) is 56.7 Å². The van der Waals surface area contributed by atoms with E-state index < -0.39 is 5.91 Å². The van der Waals surface area contributed by atoms with Gasteiger partial charge in [0, 0.05) is 16.5 Å². The molecule has 0 atom stereocenters. The number of thiophene rings is 1. The average molecular weight is 411 g/mol. The van der Waals surface area contributed by atoms with E-state index in [0.717, 1.165) is 8.66 Å². The van der Waals surface area contributed by atoms with Gasteiger partial charge in [-0.05, 0) is 58.4 Å². The van der Waals surface area contributed by atoms with Crippen LogP contribution in [-0.4, -0.2) is 30.2 Å². The number of ether oxygens (including phenoxy) is 1. The van der Waals surface area contributed by atoms with E-state index in [2.05, 4.69) is 21.2 Å². The monoisotopic (exact) mass is 410 g/mol. The Morgan fingerprint density at radius 3 is 2.58 bits per heavy atom. The summed E-state index contributed by atoms with van der Waals surface area (Å²) in [5, 5.41) is 11.2. The fraction of sp³-hybridized carbons (Fsp3) is 0.125. The topological polar surface area (TPSA) is 87.7 Å². The minimum Gasteiger partial charge on any atom is -0.492 e. The molecule has 1 aromatic heterocycles. The lowest BCUT2D eigenvalue weighted by atomic mass is 10.2. The Bertz CT molecular complexity index is 728. The predicted octanol–water partition coefficient (Wildman–Crippen LogP) is 2.84. The van der Waals surface area contributed by atoms with Crippen molar-refractivity contribution >= 4 is 45.2 Å². The lowest BCUT2D eigenvalue weighted by Crippen LogP contribution is -2.26. The second-order valence-electron chi connectivity index (χ2n) is 4.58. The van der Waals surface area contributed by atoms with Crippen molar-refractivity contribution in [2.45, 2.75) is 0 Å². The molecule has 0 bridgehead atoms. The molecular weight excluding hydrogens is 396 g/mol. The fourth-order valence-electron chi connectivity index (χ4n) is 1.74. The number of amides is 2. The molecule has 0 aliphatic heterocycles. The highest BCUT2D eigenvalue weighted by Gasteiger charge is 2.03. The molecule has 126 valence electrons. The number of hydrogen-bond acceptors (Lipinski definition) is 5. The maximum Gasteiger partial charge on any atom is 0.274 e. The van der Waals surface area contributed by atoms with E-state index in [-0.39, 0.29) is 5.91 Å². The van der Waals surface area contributed by atoms with Crippen LogP contribution in [0.15, 0.2) is 46.3 Å². The van der Waals surface area contributed by atoms with Gasteiger partial charge >= 0.3 is 0 Å². The molecule has 1 aromatic carbocycles. The molecule has 0 spiro atoms. The molecule has 0 radical (unpaired) electrons. The summed E-state index contributed by atoms with van der Waals surface area (Å²) in [7, 11) is 0. The lowest BCUT2D eigenvalue weighted by molar-refractivity contribution is -0.116. The van der Waals surface area contributed by atoms with Crippen molar-refractivity contribution in [2.75, 3.05) is 13.2 Å². The van der Waals surface area contributed by atoms with Gasteiger partial charge in [-0.3, -0.25) is 14.8 Å². The summed E-state index contributed by atoms with van der Waals surface area (Å²) in [4.78, 5) is 23.8. The molecule has 8 heteroatoms. The zero-order valence-electron chi connectivity index (χ0n) is 12.5. The normalized spacial score (nSPS) is 10.6. The largest absolute Gasteiger partial charge is 0.492 e. The first-order valence-electron chi connectivity index (χ1n) is 6.97. The van der Waals surface area contributed by atoms with E-state index >= 15 is 0 Å². The standard InChI is InChI=1S/C16H15BrN2O4S/c17-14-7-5-13(24-14)6-8-15(20)18-9-10-23-12-3-1-11(2-4-12)16(21)19-22/h1-8,22H,9-10H2,(H,18,20)(H,19,21). The number of hydrogen-bond donors (Lipinski definition) is 3. The number of benzene rings is 1. The van der Waals surface area contributed by atoms with Crippen LogP contribution in [0.3, 0.4) is 0 Å². The Morgan fingerprint density at radius 1 is 1.21 bits per heavy atom. The molecule has 0 aliphatic carbocycles. The van der Waals surface area contributed by atoms with Gasteiger partial charge in [0.25, 0.3) is 5.91 Å².